The summed E-state index contributed by atoms with van der Waals surface area (Å²) in [5, 5.41) is 0. The van der Waals surface area contributed by atoms with Gasteiger partial charge in [-0.2, -0.15) is 0 Å². The molecule has 1 atom stereocenters. The van der Waals surface area contributed by atoms with E-state index in [1.165, 1.54) is 51.4 Å². The van der Waals surface area contributed by atoms with Gasteiger partial charge in [0, 0.05) is 25.0 Å². The normalized spacial score (nSPS) is 45.7. The van der Waals surface area contributed by atoms with E-state index in [-0.39, 0.29) is 0 Å². The van der Waals surface area contributed by atoms with E-state index in [0.29, 0.717) is 36.2 Å². The summed E-state index contributed by atoms with van der Waals surface area (Å²) >= 11 is 0. The first-order valence-corrected chi connectivity index (χ1v) is 9.26. The zero-order chi connectivity index (χ0) is 14.4. The maximum absolute atomic E-state index is 13.3. The summed E-state index contributed by atoms with van der Waals surface area (Å²) in [7, 11) is 0. The largest absolute Gasteiger partial charge is 0.338 e. The maximum Gasteiger partial charge on any atom is 0.226 e. The molecule has 4 saturated carbocycles. The molecule has 2 N–H and O–H groups in total. The molecule has 0 aromatic carbocycles. The van der Waals surface area contributed by atoms with Crippen molar-refractivity contribution in [2.24, 2.45) is 35.3 Å². The number of likely N-dealkylation sites (tertiary alicyclic amines) is 1. The van der Waals surface area contributed by atoms with Gasteiger partial charge in [-0.3, -0.25) is 4.79 Å². The van der Waals surface area contributed by atoms with Crippen LogP contribution in [0.15, 0.2) is 0 Å². The number of rotatable bonds is 2. The van der Waals surface area contributed by atoms with Crippen LogP contribution in [-0.2, 0) is 4.79 Å². The topological polar surface area (TPSA) is 46.3 Å². The molecule has 5 rings (SSSR count). The molecule has 0 aromatic rings. The number of amides is 1. The summed E-state index contributed by atoms with van der Waals surface area (Å²) in [6.45, 7) is 1.61. The highest BCUT2D eigenvalue weighted by atomic mass is 16.2. The van der Waals surface area contributed by atoms with Crippen LogP contribution in [0.3, 0.4) is 0 Å². The Hall–Kier alpha value is -0.570. The van der Waals surface area contributed by atoms with E-state index in [2.05, 4.69) is 4.90 Å². The second-order valence-corrected chi connectivity index (χ2v) is 8.23. The van der Waals surface area contributed by atoms with Crippen LogP contribution in [0.2, 0.25) is 0 Å². The number of hydrogen-bond donors (Lipinski definition) is 1. The van der Waals surface area contributed by atoms with Crippen LogP contribution < -0.4 is 5.73 Å². The van der Waals surface area contributed by atoms with E-state index in [4.69, 9.17) is 5.73 Å². The van der Waals surface area contributed by atoms with Crippen molar-refractivity contribution in [2.45, 2.75) is 63.8 Å². The van der Waals surface area contributed by atoms with Crippen LogP contribution in [0.4, 0.5) is 0 Å². The van der Waals surface area contributed by atoms with Crippen molar-refractivity contribution < 1.29 is 4.79 Å². The lowest BCUT2D eigenvalue weighted by Gasteiger charge is -2.54. The molecule has 3 heteroatoms. The number of nitrogens with two attached hydrogens (primary N) is 1. The summed E-state index contributed by atoms with van der Waals surface area (Å²) in [5.41, 5.74) is 5.98. The SMILES string of the molecule is NCC1CCCCCN1C(=O)C1C2CC3CC(C2)CC1C3. The molecule has 4 aliphatic carbocycles. The highest BCUT2D eigenvalue weighted by Gasteiger charge is 2.51. The molecule has 21 heavy (non-hydrogen) atoms. The van der Waals surface area contributed by atoms with Gasteiger partial charge in [0.25, 0.3) is 0 Å². The minimum Gasteiger partial charge on any atom is -0.338 e. The minimum absolute atomic E-state index is 0.317. The Balaban J connectivity index is 1.53. The fourth-order valence-corrected chi connectivity index (χ4v) is 6.23. The number of hydrogen-bond acceptors (Lipinski definition) is 2. The minimum atomic E-state index is 0.317. The van der Waals surface area contributed by atoms with Crippen LogP contribution in [0.25, 0.3) is 0 Å². The lowest BCUT2D eigenvalue weighted by atomic mass is 9.51. The van der Waals surface area contributed by atoms with Crippen LogP contribution in [0.1, 0.15) is 57.8 Å². The summed E-state index contributed by atoms with van der Waals surface area (Å²) < 4.78 is 0. The van der Waals surface area contributed by atoms with Gasteiger partial charge >= 0.3 is 0 Å². The van der Waals surface area contributed by atoms with E-state index in [9.17, 15) is 4.79 Å². The summed E-state index contributed by atoms with van der Waals surface area (Å²) in [6, 6.07) is 0.317. The molecule has 0 spiro atoms. The molecular formula is C18H30N2O. The smallest absolute Gasteiger partial charge is 0.226 e. The Labute approximate surface area is 128 Å². The van der Waals surface area contributed by atoms with Crippen molar-refractivity contribution in [3.8, 4) is 0 Å². The molecule has 118 valence electrons. The fourth-order valence-electron chi connectivity index (χ4n) is 6.23. The number of carbonyl (C=O) groups excluding carboxylic acids is 1. The van der Waals surface area contributed by atoms with Crippen molar-refractivity contribution in [3.63, 3.8) is 0 Å². The van der Waals surface area contributed by atoms with Gasteiger partial charge in [-0.1, -0.05) is 12.8 Å². The molecule has 0 radical (unpaired) electrons. The Morgan fingerprint density at radius 1 is 0.952 bits per heavy atom. The first kappa shape index (κ1) is 14.0. The van der Waals surface area contributed by atoms with Gasteiger partial charge < -0.3 is 10.6 Å². The van der Waals surface area contributed by atoms with Crippen molar-refractivity contribution >= 4 is 5.91 Å². The summed E-state index contributed by atoms with van der Waals surface area (Å²) in [6.07, 6.45) is 11.6. The monoisotopic (exact) mass is 290 g/mol. The van der Waals surface area contributed by atoms with E-state index in [0.717, 1.165) is 24.8 Å². The Morgan fingerprint density at radius 2 is 1.62 bits per heavy atom. The van der Waals surface area contributed by atoms with E-state index in [1.807, 2.05) is 0 Å². The van der Waals surface area contributed by atoms with Crippen molar-refractivity contribution in [1.29, 1.82) is 0 Å². The molecule has 0 aromatic heterocycles. The highest BCUT2D eigenvalue weighted by molar-refractivity contribution is 5.80. The highest BCUT2D eigenvalue weighted by Crippen LogP contribution is 2.57. The maximum atomic E-state index is 13.3. The third-order valence-corrected chi connectivity index (χ3v) is 6.94. The lowest BCUT2D eigenvalue weighted by molar-refractivity contribution is -0.151. The number of nitrogens with zero attached hydrogens (tertiary/aromatic N) is 1. The summed E-state index contributed by atoms with van der Waals surface area (Å²) in [5.74, 6) is 4.15. The van der Waals surface area contributed by atoms with Crippen LogP contribution >= 0.6 is 0 Å². The molecule has 1 unspecified atom stereocenters. The molecular weight excluding hydrogens is 260 g/mol. The van der Waals surface area contributed by atoms with Crippen LogP contribution in [0.5, 0.6) is 0 Å². The molecule has 1 heterocycles. The first-order chi connectivity index (χ1) is 10.3. The second kappa shape index (κ2) is 5.57. The predicted octanol–water partition coefficient (Wildman–Crippen LogP) is 2.79. The van der Waals surface area contributed by atoms with Gasteiger partial charge in [-0.25, -0.2) is 0 Å². The van der Waals surface area contributed by atoms with Gasteiger partial charge in [-0.05, 0) is 68.6 Å². The van der Waals surface area contributed by atoms with Crippen molar-refractivity contribution in [3.05, 3.63) is 0 Å². The van der Waals surface area contributed by atoms with Gasteiger partial charge in [0.05, 0.1) is 0 Å². The van der Waals surface area contributed by atoms with Crippen LogP contribution in [0, 0.1) is 29.6 Å². The standard InChI is InChI=1S/C18H30N2O/c19-11-16-4-2-1-3-5-20(16)18(21)17-14-7-12-6-13(9-14)10-15(17)8-12/h12-17H,1-11,19H2. The average molecular weight is 290 g/mol. The third-order valence-electron chi connectivity index (χ3n) is 6.94. The summed E-state index contributed by atoms with van der Waals surface area (Å²) in [4.78, 5) is 15.5. The van der Waals surface area contributed by atoms with Gasteiger partial charge in [0.2, 0.25) is 5.91 Å². The van der Waals surface area contributed by atoms with Gasteiger partial charge in [-0.15, -0.1) is 0 Å². The van der Waals surface area contributed by atoms with E-state index < -0.39 is 0 Å². The molecule has 3 nitrogen and oxygen atoms in total. The fraction of sp³-hybridized carbons (Fsp3) is 0.944. The molecule has 1 saturated heterocycles. The van der Waals surface area contributed by atoms with E-state index in [1.54, 1.807) is 0 Å². The molecule has 4 bridgehead atoms. The van der Waals surface area contributed by atoms with Gasteiger partial charge in [0.15, 0.2) is 0 Å². The zero-order valence-corrected chi connectivity index (χ0v) is 13.2. The van der Waals surface area contributed by atoms with Crippen LogP contribution in [-0.4, -0.2) is 29.9 Å². The Morgan fingerprint density at radius 3 is 2.24 bits per heavy atom. The molecule has 5 aliphatic rings. The first-order valence-electron chi connectivity index (χ1n) is 9.26. The zero-order valence-electron chi connectivity index (χ0n) is 13.2. The van der Waals surface area contributed by atoms with E-state index >= 15 is 0 Å². The Kier molecular flexibility index (Phi) is 3.72. The second-order valence-electron chi connectivity index (χ2n) is 8.23. The van der Waals surface area contributed by atoms with Crippen molar-refractivity contribution in [1.82, 2.24) is 4.90 Å². The molecule has 5 fully saturated rings. The number of carbonyl (C=O) groups is 1. The Bertz CT molecular complexity index is 380. The molecule has 1 amide bonds. The molecule has 1 aliphatic heterocycles. The average Bonchev–Trinajstić information content (AvgIpc) is 2.71. The third kappa shape index (κ3) is 2.42. The lowest BCUT2D eigenvalue weighted by Crippen LogP contribution is -2.54. The van der Waals surface area contributed by atoms with Gasteiger partial charge in [0.1, 0.15) is 0 Å². The van der Waals surface area contributed by atoms with Crippen molar-refractivity contribution in [2.75, 3.05) is 13.1 Å². The predicted molar refractivity (Wildman–Crippen MR) is 83.6 cm³/mol. The quantitative estimate of drug-likeness (QED) is 0.850.